The van der Waals surface area contributed by atoms with Crippen LogP contribution in [0.3, 0.4) is 0 Å². The van der Waals surface area contributed by atoms with Crippen molar-refractivity contribution in [2.75, 3.05) is 0 Å². The molecule has 120 valence electrons. The normalized spacial score (nSPS) is 12.6. The van der Waals surface area contributed by atoms with Gasteiger partial charge in [-0.1, -0.05) is 36.9 Å². The Balaban J connectivity index is 2.19. The second-order valence-corrected chi connectivity index (χ2v) is 5.74. The average molecular weight is 316 g/mol. The highest BCUT2D eigenvalue weighted by atomic mass is 16.3. The number of rotatable bonds is 4. The summed E-state index contributed by atoms with van der Waals surface area (Å²) in [7, 11) is 0. The number of aromatic amines is 1. The first-order valence-electron chi connectivity index (χ1n) is 7.86. The molecule has 0 unspecified atom stereocenters. The number of aromatic hydroxyl groups is 1. The summed E-state index contributed by atoms with van der Waals surface area (Å²) >= 11 is 0. The molecule has 24 heavy (non-hydrogen) atoms. The van der Waals surface area contributed by atoms with Gasteiger partial charge < -0.3 is 5.11 Å². The molecule has 1 aromatic heterocycles. The third-order valence-electron chi connectivity index (χ3n) is 4.09. The van der Waals surface area contributed by atoms with Crippen LogP contribution in [0.1, 0.15) is 25.0 Å². The van der Waals surface area contributed by atoms with Gasteiger partial charge in [0.25, 0.3) is 0 Å². The predicted molar refractivity (Wildman–Crippen MR) is 101 cm³/mol. The Bertz CT molecular complexity index is 943. The Hall–Kier alpha value is -3.07. The highest BCUT2D eigenvalue weighted by Gasteiger charge is 2.11. The lowest BCUT2D eigenvalue weighted by Crippen LogP contribution is -1.92. The molecule has 0 aliphatic carbocycles. The summed E-state index contributed by atoms with van der Waals surface area (Å²) in [4.78, 5) is 0. The van der Waals surface area contributed by atoms with E-state index in [4.69, 9.17) is 0 Å². The molecule has 2 N–H and O–H groups in total. The van der Waals surface area contributed by atoms with E-state index < -0.39 is 0 Å². The summed E-state index contributed by atoms with van der Waals surface area (Å²) in [5.74, 6) is 0.257. The molecule has 0 fully saturated rings. The number of benzene rings is 2. The van der Waals surface area contributed by atoms with Gasteiger partial charge in [0.15, 0.2) is 0 Å². The SMILES string of the molecule is C=C(C=CC)C(=C(C)c1ccc2[nH]ncc2c1)c1ccc(O)cc1. The van der Waals surface area contributed by atoms with Crippen LogP contribution in [0.5, 0.6) is 5.75 Å². The molecule has 0 saturated carbocycles. The number of phenolic OH excluding ortho intramolecular Hbond substituents is 1. The minimum Gasteiger partial charge on any atom is -0.508 e. The molecule has 3 aromatic rings. The van der Waals surface area contributed by atoms with Gasteiger partial charge in [-0.3, -0.25) is 5.10 Å². The van der Waals surface area contributed by atoms with Crippen molar-refractivity contribution < 1.29 is 5.11 Å². The molecule has 0 saturated heterocycles. The largest absolute Gasteiger partial charge is 0.508 e. The maximum Gasteiger partial charge on any atom is 0.115 e. The zero-order valence-corrected chi connectivity index (χ0v) is 13.9. The van der Waals surface area contributed by atoms with Gasteiger partial charge >= 0.3 is 0 Å². The van der Waals surface area contributed by atoms with Crippen molar-refractivity contribution in [3.05, 3.63) is 84.1 Å². The van der Waals surface area contributed by atoms with Crippen molar-refractivity contribution in [1.82, 2.24) is 10.2 Å². The summed E-state index contributed by atoms with van der Waals surface area (Å²) < 4.78 is 0. The van der Waals surface area contributed by atoms with E-state index in [2.05, 4.69) is 35.8 Å². The highest BCUT2D eigenvalue weighted by Crippen LogP contribution is 2.33. The van der Waals surface area contributed by atoms with Gasteiger partial charge in [0.05, 0.1) is 11.7 Å². The van der Waals surface area contributed by atoms with E-state index in [0.29, 0.717) is 0 Å². The van der Waals surface area contributed by atoms with Crippen LogP contribution in [0.2, 0.25) is 0 Å². The number of fused-ring (bicyclic) bond motifs is 1. The molecule has 0 atom stereocenters. The van der Waals surface area contributed by atoms with Crippen LogP contribution in [-0.4, -0.2) is 15.3 Å². The van der Waals surface area contributed by atoms with Crippen LogP contribution in [0.25, 0.3) is 22.0 Å². The lowest BCUT2D eigenvalue weighted by Gasteiger charge is -2.14. The fourth-order valence-corrected chi connectivity index (χ4v) is 2.88. The highest BCUT2D eigenvalue weighted by molar-refractivity contribution is 6.00. The van der Waals surface area contributed by atoms with Gasteiger partial charge in [0, 0.05) is 5.39 Å². The molecule has 0 aliphatic rings. The summed E-state index contributed by atoms with van der Waals surface area (Å²) in [5, 5.41) is 17.7. The van der Waals surface area contributed by atoms with Gasteiger partial charge in [-0.15, -0.1) is 0 Å². The van der Waals surface area contributed by atoms with Crippen molar-refractivity contribution in [2.45, 2.75) is 13.8 Å². The van der Waals surface area contributed by atoms with Crippen molar-refractivity contribution >= 4 is 22.0 Å². The van der Waals surface area contributed by atoms with E-state index in [9.17, 15) is 5.11 Å². The van der Waals surface area contributed by atoms with Gasteiger partial charge in [-0.2, -0.15) is 5.10 Å². The van der Waals surface area contributed by atoms with Crippen LogP contribution < -0.4 is 0 Å². The van der Waals surface area contributed by atoms with Crippen molar-refractivity contribution in [3.63, 3.8) is 0 Å². The van der Waals surface area contributed by atoms with Crippen LogP contribution in [0.15, 0.2) is 73.0 Å². The van der Waals surface area contributed by atoms with Crippen LogP contribution in [-0.2, 0) is 0 Å². The van der Waals surface area contributed by atoms with Crippen LogP contribution in [0, 0.1) is 0 Å². The number of H-pyrrole nitrogens is 1. The molecular weight excluding hydrogens is 296 g/mol. The standard InChI is InChI=1S/C21H20N2O/c1-4-5-14(2)21(16-6-9-19(24)10-7-16)15(3)17-8-11-20-18(12-17)13-22-23-20/h4-13,24H,2H2,1,3H3,(H,22,23). The summed E-state index contributed by atoms with van der Waals surface area (Å²) in [6.07, 6.45) is 5.81. The minimum atomic E-state index is 0.257. The quantitative estimate of drug-likeness (QED) is 0.505. The molecule has 0 amide bonds. The lowest BCUT2D eigenvalue weighted by atomic mass is 9.90. The molecule has 1 heterocycles. The number of nitrogens with one attached hydrogen (secondary N) is 1. The molecule has 3 heteroatoms. The molecule has 2 aromatic carbocycles. The Kier molecular flexibility index (Phi) is 4.34. The van der Waals surface area contributed by atoms with Crippen molar-refractivity contribution in [2.24, 2.45) is 0 Å². The van der Waals surface area contributed by atoms with Crippen molar-refractivity contribution in [3.8, 4) is 5.75 Å². The summed E-state index contributed by atoms with van der Waals surface area (Å²) in [6.45, 7) is 8.29. The fourth-order valence-electron chi connectivity index (χ4n) is 2.88. The first kappa shape index (κ1) is 15.8. The molecule has 0 radical (unpaired) electrons. The van der Waals surface area contributed by atoms with Gasteiger partial charge in [0.1, 0.15) is 5.75 Å². The van der Waals surface area contributed by atoms with E-state index in [-0.39, 0.29) is 5.75 Å². The maximum atomic E-state index is 9.57. The second-order valence-electron chi connectivity index (χ2n) is 5.74. The zero-order valence-electron chi connectivity index (χ0n) is 13.9. The first-order chi connectivity index (χ1) is 11.6. The van der Waals surface area contributed by atoms with E-state index in [0.717, 1.165) is 38.7 Å². The first-order valence-corrected chi connectivity index (χ1v) is 7.86. The van der Waals surface area contributed by atoms with Crippen molar-refractivity contribution in [1.29, 1.82) is 0 Å². The van der Waals surface area contributed by atoms with Crippen LogP contribution >= 0.6 is 0 Å². The average Bonchev–Trinajstić information content (AvgIpc) is 3.04. The third-order valence-corrected chi connectivity index (χ3v) is 4.09. The van der Waals surface area contributed by atoms with Gasteiger partial charge in [0.2, 0.25) is 0 Å². The zero-order chi connectivity index (χ0) is 17.1. The van der Waals surface area contributed by atoms with Gasteiger partial charge in [-0.05, 0) is 66.0 Å². The van der Waals surface area contributed by atoms with E-state index >= 15 is 0 Å². The number of allylic oxidation sites excluding steroid dienone is 5. The molecule has 0 bridgehead atoms. The lowest BCUT2D eigenvalue weighted by molar-refractivity contribution is 0.475. The van der Waals surface area contributed by atoms with Crippen LogP contribution in [0.4, 0.5) is 0 Å². The number of phenols is 1. The molecule has 0 aliphatic heterocycles. The summed E-state index contributed by atoms with van der Waals surface area (Å²) in [5.41, 5.74) is 6.30. The summed E-state index contributed by atoms with van der Waals surface area (Å²) in [6, 6.07) is 13.5. The molecule has 3 nitrogen and oxygen atoms in total. The fraction of sp³-hybridized carbons (Fsp3) is 0.0952. The number of aromatic nitrogens is 2. The number of hydrogen-bond donors (Lipinski definition) is 2. The monoisotopic (exact) mass is 316 g/mol. The number of nitrogens with zero attached hydrogens (tertiary/aromatic N) is 1. The third kappa shape index (κ3) is 3.01. The molecule has 0 spiro atoms. The molecule has 3 rings (SSSR count). The predicted octanol–water partition coefficient (Wildman–Crippen LogP) is 5.33. The Morgan fingerprint density at radius 3 is 2.54 bits per heavy atom. The van der Waals surface area contributed by atoms with Gasteiger partial charge in [-0.25, -0.2) is 0 Å². The van der Waals surface area contributed by atoms with E-state index in [1.807, 2.05) is 43.5 Å². The Morgan fingerprint density at radius 1 is 1.12 bits per heavy atom. The van der Waals surface area contributed by atoms with E-state index in [1.165, 1.54) is 0 Å². The minimum absolute atomic E-state index is 0.257. The topological polar surface area (TPSA) is 48.9 Å². The second kappa shape index (κ2) is 6.59. The Morgan fingerprint density at radius 2 is 1.83 bits per heavy atom. The number of hydrogen-bond acceptors (Lipinski definition) is 2. The smallest absolute Gasteiger partial charge is 0.115 e. The maximum absolute atomic E-state index is 9.57. The van der Waals surface area contributed by atoms with E-state index in [1.54, 1.807) is 12.1 Å². The molecular formula is C21H20N2O. The Labute approximate surface area is 141 Å².